The van der Waals surface area contributed by atoms with Gasteiger partial charge in [0.15, 0.2) is 0 Å². The van der Waals surface area contributed by atoms with Gasteiger partial charge in [-0.05, 0) is 12.1 Å². The molecule has 0 spiro atoms. The molecule has 0 radical (unpaired) electrons. The lowest BCUT2D eigenvalue weighted by molar-refractivity contribution is 0.584. The van der Waals surface area contributed by atoms with E-state index in [-0.39, 0.29) is 5.75 Å². The molecular formula is C10H18N4O2S. The third kappa shape index (κ3) is 5.01. The highest BCUT2D eigenvalue weighted by molar-refractivity contribution is 7.89. The van der Waals surface area contributed by atoms with E-state index in [1.807, 2.05) is 12.1 Å². The SMILES string of the molecule is CCNS(=O)(=O)CCNc1cccc(NC)n1. The van der Waals surface area contributed by atoms with Crippen molar-refractivity contribution in [3.8, 4) is 0 Å². The average molecular weight is 258 g/mol. The summed E-state index contributed by atoms with van der Waals surface area (Å²) in [6.45, 7) is 2.49. The van der Waals surface area contributed by atoms with Crippen molar-refractivity contribution in [1.29, 1.82) is 0 Å². The maximum atomic E-state index is 11.4. The van der Waals surface area contributed by atoms with Gasteiger partial charge in [0.1, 0.15) is 11.6 Å². The van der Waals surface area contributed by atoms with E-state index >= 15 is 0 Å². The second-order valence-corrected chi connectivity index (χ2v) is 5.33. The van der Waals surface area contributed by atoms with Crippen LogP contribution in [0.25, 0.3) is 0 Å². The van der Waals surface area contributed by atoms with Crippen LogP contribution in [0, 0.1) is 0 Å². The molecule has 0 bridgehead atoms. The van der Waals surface area contributed by atoms with Gasteiger partial charge in [0.2, 0.25) is 10.0 Å². The number of sulfonamides is 1. The van der Waals surface area contributed by atoms with E-state index in [1.165, 1.54) is 0 Å². The fraction of sp³-hybridized carbons (Fsp3) is 0.500. The first-order valence-electron chi connectivity index (χ1n) is 5.43. The molecule has 0 amide bonds. The summed E-state index contributed by atoms with van der Waals surface area (Å²) in [5.74, 6) is 1.43. The van der Waals surface area contributed by atoms with Gasteiger partial charge >= 0.3 is 0 Å². The van der Waals surface area contributed by atoms with Crippen molar-refractivity contribution >= 4 is 21.7 Å². The van der Waals surface area contributed by atoms with Gasteiger partial charge in [-0.15, -0.1) is 0 Å². The first kappa shape index (κ1) is 13.7. The lowest BCUT2D eigenvalue weighted by atomic mass is 10.4. The van der Waals surface area contributed by atoms with E-state index in [1.54, 1.807) is 20.0 Å². The summed E-state index contributed by atoms with van der Waals surface area (Å²) < 4.78 is 25.2. The van der Waals surface area contributed by atoms with E-state index in [4.69, 9.17) is 0 Å². The van der Waals surface area contributed by atoms with Crippen LogP contribution in [0.4, 0.5) is 11.6 Å². The van der Waals surface area contributed by atoms with E-state index in [2.05, 4.69) is 20.3 Å². The molecule has 6 nitrogen and oxygen atoms in total. The molecule has 1 aromatic heterocycles. The fourth-order valence-electron chi connectivity index (χ4n) is 1.28. The molecule has 0 atom stereocenters. The van der Waals surface area contributed by atoms with Gasteiger partial charge in [-0.3, -0.25) is 0 Å². The Labute approximate surface area is 102 Å². The van der Waals surface area contributed by atoms with Crippen LogP contribution in [0.5, 0.6) is 0 Å². The molecule has 3 N–H and O–H groups in total. The van der Waals surface area contributed by atoms with Gasteiger partial charge in [0.25, 0.3) is 0 Å². The summed E-state index contributed by atoms with van der Waals surface area (Å²) in [5, 5.41) is 5.88. The maximum Gasteiger partial charge on any atom is 0.213 e. The molecule has 0 aliphatic carbocycles. The Morgan fingerprint density at radius 3 is 2.65 bits per heavy atom. The Kier molecular flexibility index (Phi) is 5.17. The van der Waals surface area contributed by atoms with Crippen LogP contribution in [0.3, 0.4) is 0 Å². The number of rotatable bonds is 7. The molecule has 0 aliphatic heterocycles. The standard InChI is InChI=1S/C10H18N4O2S/c1-3-13-17(15,16)8-7-12-10-6-4-5-9(11-2)14-10/h4-6,13H,3,7-8H2,1-2H3,(H2,11,12,14). The Morgan fingerprint density at radius 1 is 1.29 bits per heavy atom. The third-order valence-electron chi connectivity index (χ3n) is 2.05. The van der Waals surface area contributed by atoms with E-state index in [9.17, 15) is 8.42 Å². The van der Waals surface area contributed by atoms with E-state index < -0.39 is 10.0 Å². The van der Waals surface area contributed by atoms with Gasteiger partial charge < -0.3 is 10.6 Å². The van der Waals surface area contributed by atoms with Crippen molar-refractivity contribution in [2.24, 2.45) is 0 Å². The van der Waals surface area contributed by atoms with Gasteiger partial charge in [-0.25, -0.2) is 18.1 Å². The number of nitrogens with zero attached hydrogens (tertiary/aromatic N) is 1. The molecule has 1 rings (SSSR count). The molecule has 0 aliphatic rings. The van der Waals surface area contributed by atoms with E-state index in [0.29, 0.717) is 18.9 Å². The highest BCUT2D eigenvalue weighted by Gasteiger charge is 2.07. The Balaban J connectivity index is 2.45. The zero-order chi connectivity index (χ0) is 12.7. The molecule has 0 unspecified atom stereocenters. The fourth-order valence-corrected chi connectivity index (χ4v) is 2.23. The van der Waals surface area contributed by atoms with Crippen molar-refractivity contribution in [2.45, 2.75) is 6.92 Å². The lowest BCUT2D eigenvalue weighted by Crippen LogP contribution is -2.29. The van der Waals surface area contributed by atoms with Crippen molar-refractivity contribution in [3.63, 3.8) is 0 Å². The van der Waals surface area contributed by atoms with Crippen LogP contribution in [-0.2, 0) is 10.0 Å². The minimum absolute atomic E-state index is 0.0340. The summed E-state index contributed by atoms with van der Waals surface area (Å²) in [6.07, 6.45) is 0. The van der Waals surface area contributed by atoms with Crippen molar-refractivity contribution < 1.29 is 8.42 Å². The highest BCUT2D eigenvalue weighted by atomic mass is 32.2. The molecular weight excluding hydrogens is 240 g/mol. The van der Waals surface area contributed by atoms with Crippen LogP contribution in [0.1, 0.15) is 6.92 Å². The maximum absolute atomic E-state index is 11.4. The monoisotopic (exact) mass is 258 g/mol. The first-order valence-corrected chi connectivity index (χ1v) is 7.08. The number of hydrogen-bond donors (Lipinski definition) is 3. The molecule has 1 aromatic rings. The van der Waals surface area contributed by atoms with Crippen LogP contribution >= 0.6 is 0 Å². The summed E-state index contributed by atoms with van der Waals surface area (Å²) in [5.41, 5.74) is 0. The molecule has 0 fully saturated rings. The lowest BCUT2D eigenvalue weighted by Gasteiger charge is -2.08. The second kappa shape index (κ2) is 6.41. The quantitative estimate of drug-likeness (QED) is 0.662. The minimum atomic E-state index is -3.17. The number of anilines is 2. The van der Waals surface area contributed by atoms with Crippen LogP contribution in [0.15, 0.2) is 18.2 Å². The van der Waals surface area contributed by atoms with Crippen LogP contribution in [0.2, 0.25) is 0 Å². The molecule has 0 saturated carbocycles. The number of pyridine rings is 1. The number of nitrogens with one attached hydrogen (secondary N) is 3. The largest absolute Gasteiger partial charge is 0.373 e. The Morgan fingerprint density at radius 2 is 2.00 bits per heavy atom. The normalized spacial score (nSPS) is 11.2. The van der Waals surface area contributed by atoms with Crippen LogP contribution in [-0.4, -0.2) is 39.3 Å². The summed E-state index contributed by atoms with van der Waals surface area (Å²) in [6, 6.07) is 5.47. The summed E-state index contributed by atoms with van der Waals surface area (Å²) >= 11 is 0. The molecule has 0 saturated heterocycles. The highest BCUT2D eigenvalue weighted by Crippen LogP contribution is 2.07. The molecule has 96 valence electrons. The summed E-state index contributed by atoms with van der Waals surface area (Å²) in [7, 11) is -1.39. The predicted molar refractivity (Wildman–Crippen MR) is 69.7 cm³/mol. The van der Waals surface area contributed by atoms with Gasteiger partial charge in [0.05, 0.1) is 5.75 Å². The molecule has 1 heterocycles. The molecule has 7 heteroatoms. The van der Waals surface area contributed by atoms with Crippen LogP contribution < -0.4 is 15.4 Å². The zero-order valence-electron chi connectivity index (χ0n) is 10.0. The number of hydrogen-bond acceptors (Lipinski definition) is 5. The second-order valence-electron chi connectivity index (χ2n) is 3.40. The molecule has 0 aromatic carbocycles. The number of aromatic nitrogens is 1. The summed E-state index contributed by atoms with van der Waals surface area (Å²) in [4.78, 5) is 4.22. The topological polar surface area (TPSA) is 83.1 Å². The Hall–Kier alpha value is -1.34. The van der Waals surface area contributed by atoms with Crippen molar-refractivity contribution in [3.05, 3.63) is 18.2 Å². The Bertz CT molecular complexity index is 447. The third-order valence-corrected chi connectivity index (χ3v) is 3.52. The van der Waals surface area contributed by atoms with Crippen molar-refractivity contribution in [1.82, 2.24) is 9.71 Å². The van der Waals surface area contributed by atoms with Gasteiger partial charge in [-0.1, -0.05) is 13.0 Å². The average Bonchev–Trinajstić information content (AvgIpc) is 2.29. The molecule has 17 heavy (non-hydrogen) atoms. The smallest absolute Gasteiger partial charge is 0.213 e. The minimum Gasteiger partial charge on any atom is -0.373 e. The zero-order valence-corrected chi connectivity index (χ0v) is 10.8. The predicted octanol–water partition coefficient (Wildman–Crippen LogP) is 0.474. The van der Waals surface area contributed by atoms with Gasteiger partial charge in [-0.2, -0.15) is 0 Å². The first-order chi connectivity index (χ1) is 8.07. The van der Waals surface area contributed by atoms with Crippen molar-refractivity contribution in [2.75, 3.05) is 36.5 Å². The van der Waals surface area contributed by atoms with Gasteiger partial charge in [0, 0.05) is 20.1 Å². The van der Waals surface area contributed by atoms with E-state index in [0.717, 1.165) is 5.82 Å².